The normalized spacial score (nSPS) is 15.7. The number of allylic oxidation sites excluding steroid dienone is 3. The Hall–Kier alpha value is -3.81. The van der Waals surface area contributed by atoms with Crippen LogP contribution in [0.25, 0.3) is 0 Å². The first kappa shape index (κ1) is 20.9. The SMILES string of the molecule is COC(=O)OC1=C(C)NC(C)=CC1c1ccccc1OCc1cccc([N+](=O)[O-])c1. The molecule has 0 amide bonds. The molecule has 1 unspecified atom stereocenters. The Morgan fingerprint density at radius 1 is 1.17 bits per heavy atom. The van der Waals surface area contributed by atoms with Crippen molar-refractivity contribution in [1.82, 2.24) is 5.32 Å². The number of non-ortho nitro benzene ring substituents is 1. The number of hydrogen-bond acceptors (Lipinski definition) is 7. The van der Waals surface area contributed by atoms with Crippen molar-refractivity contribution in [3.8, 4) is 5.75 Å². The topological polar surface area (TPSA) is 99.9 Å². The van der Waals surface area contributed by atoms with Crippen LogP contribution in [0, 0.1) is 10.1 Å². The van der Waals surface area contributed by atoms with Gasteiger partial charge in [-0.15, -0.1) is 0 Å². The lowest BCUT2D eigenvalue weighted by molar-refractivity contribution is -0.384. The second kappa shape index (κ2) is 9.13. The van der Waals surface area contributed by atoms with E-state index in [2.05, 4.69) is 10.1 Å². The number of rotatable bonds is 6. The molecule has 30 heavy (non-hydrogen) atoms. The van der Waals surface area contributed by atoms with Gasteiger partial charge in [0.1, 0.15) is 18.1 Å². The third-order valence-electron chi connectivity index (χ3n) is 4.58. The fourth-order valence-electron chi connectivity index (χ4n) is 3.25. The Kier molecular flexibility index (Phi) is 6.36. The van der Waals surface area contributed by atoms with E-state index in [4.69, 9.17) is 9.47 Å². The van der Waals surface area contributed by atoms with Gasteiger partial charge in [-0.25, -0.2) is 4.79 Å². The number of benzene rings is 2. The zero-order valence-electron chi connectivity index (χ0n) is 16.9. The van der Waals surface area contributed by atoms with Gasteiger partial charge >= 0.3 is 6.16 Å². The number of ether oxygens (including phenoxy) is 3. The summed E-state index contributed by atoms with van der Waals surface area (Å²) in [4.78, 5) is 22.3. The van der Waals surface area contributed by atoms with Crippen molar-refractivity contribution in [2.75, 3.05) is 7.11 Å². The molecule has 0 saturated carbocycles. The second-order valence-corrected chi connectivity index (χ2v) is 6.75. The molecule has 0 saturated heterocycles. The third kappa shape index (κ3) is 4.78. The fourth-order valence-corrected chi connectivity index (χ4v) is 3.25. The van der Waals surface area contributed by atoms with E-state index in [1.54, 1.807) is 12.1 Å². The van der Waals surface area contributed by atoms with E-state index < -0.39 is 11.1 Å². The molecular weight excluding hydrogens is 388 g/mol. The molecule has 2 aromatic rings. The van der Waals surface area contributed by atoms with Crippen LogP contribution in [0.3, 0.4) is 0 Å². The van der Waals surface area contributed by atoms with Gasteiger partial charge in [0, 0.05) is 23.4 Å². The molecule has 8 heteroatoms. The molecule has 1 N–H and O–H groups in total. The van der Waals surface area contributed by atoms with Crippen LogP contribution < -0.4 is 10.1 Å². The van der Waals surface area contributed by atoms with E-state index >= 15 is 0 Å². The van der Waals surface area contributed by atoms with Crippen molar-refractivity contribution in [3.05, 3.63) is 93.0 Å². The van der Waals surface area contributed by atoms with Crippen LogP contribution in [0.5, 0.6) is 5.75 Å². The minimum absolute atomic E-state index is 0.00798. The maximum Gasteiger partial charge on any atom is 0.513 e. The van der Waals surface area contributed by atoms with Gasteiger partial charge in [0.25, 0.3) is 5.69 Å². The Balaban J connectivity index is 1.89. The smallest absolute Gasteiger partial charge is 0.489 e. The van der Waals surface area contributed by atoms with Gasteiger partial charge in [0.15, 0.2) is 0 Å². The number of nitro benzene ring substituents is 1. The highest BCUT2D eigenvalue weighted by Crippen LogP contribution is 2.38. The van der Waals surface area contributed by atoms with Gasteiger partial charge in [-0.05, 0) is 25.5 Å². The summed E-state index contributed by atoms with van der Waals surface area (Å²) in [6, 6.07) is 13.7. The van der Waals surface area contributed by atoms with Crippen LogP contribution in [-0.2, 0) is 16.1 Å². The highest BCUT2D eigenvalue weighted by molar-refractivity contribution is 5.62. The van der Waals surface area contributed by atoms with E-state index in [9.17, 15) is 14.9 Å². The highest BCUT2D eigenvalue weighted by atomic mass is 16.7. The first-order valence-corrected chi connectivity index (χ1v) is 9.26. The molecule has 1 aliphatic rings. The number of para-hydroxylation sites is 1. The predicted molar refractivity (Wildman–Crippen MR) is 110 cm³/mol. The number of dihydropyridines is 1. The van der Waals surface area contributed by atoms with E-state index in [0.717, 1.165) is 11.3 Å². The third-order valence-corrected chi connectivity index (χ3v) is 4.58. The van der Waals surface area contributed by atoms with Crippen LogP contribution in [-0.4, -0.2) is 18.2 Å². The number of nitro groups is 1. The molecule has 0 radical (unpaired) electrons. The zero-order valence-corrected chi connectivity index (χ0v) is 16.9. The van der Waals surface area contributed by atoms with Crippen molar-refractivity contribution in [2.24, 2.45) is 0 Å². The lowest BCUT2D eigenvalue weighted by Crippen LogP contribution is -2.23. The van der Waals surface area contributed by atoms with Crippen molar-refractivity contribution in [3.63, 3.8) is 0 Å². The highest BCUT2D eigenvalue weighted by Gasteiger charge is 2.28. The van der Waals surface area contributed by atoms with Crippen LogP contribution in [0.15, 0.2) is 71.8 Å². The molecule has 0 fully saturated rings. The molecule has 0 aromatic heterocycles. The average Bonchev–Trinajstić information content (AvgIpc) is 2.74. The number of nitrogens with zero attached hydrogens (tertiary/aromatic N) is 1. The molecule has 0 bridgehead atoms. The van der Waals surface area contributed by atoms with Gasteiger partial charge in [-0.1, -0.05) is 36.4 Å². The molecule has 3 rings (SSSR count). The molecule has 1 aliphatic heterocycles. The summed E-state index contributed by atoms with van der Waals surface area (Å²) in [5.74, 6) is 0.629. The molecular formula is C22H22N2O6. The molecule has 0 aliphatic carbocycles. The van der Waals surface area contributed by atoms with Crippen molar-refractivity contribution in [2.45, 2.75) is 26.4 Å². The van der Waals surface area contributed by atoms with Crippen LogP contribution in [0.2, 0.25) is 0 Å². The standard InChI is InChI=1S/C22H22N2O6/c1-14-11-19(21(15(2)23-14)30-22(25)28-3)18-9-4-5-10-20(18)29-13-16-7-6-8-17(12-16)24(26)27/h4-12,19,23H,13H2,1-3H3. The summed E-state index contributed by atoms with van der Waals surface area (Å²) in [6.07, 6.45) is 1.12. The van der Waals surface area contributed by atoms with Gasteiger partial charge in [-0.2, -0.15) is 0 Å². The van der Waals surface area contributed by atoms with E-state index in [0.29, 0.717) is 22.8 Å². The summed E-state index contributed by atoms with van der Waals surface area (Å²) in [7, 11) is 1.25. The molecule has 1 atom stereocenters. The molecule has 8 nitrogen and oxygen atoms in total. The number of nitrogens with one attached hydrogen (secondary N) is 1. The minimum atomic E-state index is -0.806. The maximum atomic E-state index is 11.8. The zero-order chi connectivity index (χ0) is 21.7. The summed E-state index contributed by atoms with van der Waals surface area (Å²) >= 11 is 0. The maximum absolute atomic E-state index is 11.8. The van der Waals surface area contributed by atoms with Gasteiger partial charge in [0.05, 0.1) is 23.6 Å². The summed E-state index contributed by atoms with van der Waals surface area (Å²) in [5.41, 5.74) is 3.08. The van der Waals surface area contributed by atoms with E-state index in [1.165, 1.54) is 19.2 Å². The predicted octanol–water partition coefficient (Wildman–Crippen LogP) is 4.78. The first-order valence-electron chi connectivity index (χ1n) is 9.26. The Morgan fingerprint density at radius 2 is 1.93 bits per heavy atom. The van der Waals surface area contributed by atoms with Crippen LogP contribution in [0.4, 0.5) is 10.5 Å². The summed E-state index contributed by atoms with van der Waals surface area (Å²) < 4.78 is 16.1. The first-order chi connectivity index (χ1) is 14.4. The van der Waals surface area contributed by atoms with E-state index in [1.807, 2.05) is 44.2 Å². The fraction of sp³-hybridized carbons (Fsp3) is 0.227. The van der Waals surface area contributed by atoms with Crippen LogP contribution >= 0.6 is 0 Å². The largest absolute Gasteiger partial charge is 0.513 e. The average molecular weight is 410 g/mol. The summed E-state index contributed by atoms with van der Waals surface area (Å²) in [5, 5.41) is 14.2. The molecule has 0 spiro atoms. The Morgan fingerprint density at radius 3 is 2.67 bits per heavy atom. The van der Waals surface area contributed by atoms with Crippen molar-refractivity contribution < 1.29 is 23.9 Å². The van der Waals surface area contributed by atoms with Crippen LogP contribution in [0.1, 0.15) is 30.9 Å². The van der Waals surface area contributed by atoms with Gasteiger partial charge in [0.2, 0.25) is 0 Å². The molecule has 2 aromatic carbocycles. The molecule has 1 heterocycles. The lowest BCUT2D eigenvalue weighted by atomic mass is 9.92. The molecule has 156 valence electrons. The quantitative estimate of drug-likeness (QED) is 0.415. The number of hydrogen-bond donors (Lipinski definition) is 1. The second-order valence-electron chi connectivity index (χ2n) is 6.75. The number of methoxy groups -OCH3 is 1. The summed E-state index contributed by atoms with van der Waals surface area (Å²) in [6.45, 7) is 3.88. The van der Waals surface area contributed by atoms with Gasteiger partial charge < -0.3 is 19.5 Å². The van der Waals surface area contributed by atoms with E-state index in [-0.39, 0.29) is 18.2 Å². The monoisotopic (exact) mass is 410 g/mol. The van der Waals surface area contributed by atoms with Crippen molar-refractivity contribution >= 4 is 11.8 Å². The minimum Gasteiger partial charge on any atom is -0.489 e. The number of carbonyl (C=O) groups excluding carboxylic acids is 1. The van der Waals surface area contributed by atoms with Gasteiger partial charge in [-0.3, -0.25) is 10.1 Å². The Bertz CT molecular complexity index is 1030. The Labute approximate surface area is 173 Å². The number of carbonyl (C=O) groups is 1. The van der Waals surface area contributed by atoms with Crippen molar-refractivity contribution in [1.29, 1.82) is 0 Å². The lowest BCUT2D eigenvalue weighted by Gasteiger charge is -2.27.